The maximum Gasteiger partial charge on any atom is 0.402 e. The normalized spacial score (nSPS) is 26.3. The van der Waals surface area contributed by atoms with Gasteiger partial charge in [-0.2, -0.15) is 30.6 Å². The summed E-state index contributed by atoms with van der Waals surface area (Å²) in [4.78, 5) is 11.1. The van der Waals surface area contributed by atoms with Gasteiger partial charge in [0.15, 0.2) is 0 Å². The van der Waals surface area contributed by atoms with Crippen LogP contribution in [0, 0.1) is 5.92 Å². The smallest absolute Gasteiger partial charge is 0.402 e. The lowest BCUT2D eigenvalue weighted by Gasteiger charge is -2.36. The standard InChI is InChI=1S/C9H15F3N2O4S/c1-6-3-2-4-14(7(6)8(15)16)19(17,18)13-5-9(10,11)12/h6-7,13H,2-5H2,1H3,(H,15,16). The second kappa shape index (κ2) is 5.63. The van der Waals surface area contributed by atoms with Crippen LogP contribution in [0.15, 0.2) is 0 Å². The maximum absolute atomic E-state index is 12.0. The number of carboxylic acids is 1. The predicted octanol–water partition coefficient (Wildman–Crippen LogP) is 0.568. The van der Waals surface area contributed by atoms with Crippen molar-refractivity contribution >= 4 is 16.2 Å². The largest absolute Gasteiger partial charge is 0.480 e. The highest BCUT2D eigenvalue weighted by Crippen LogP contribution is 2.26. The van der Waals surface area contributed by atoms with Gasteiger partial charge in [0.2, 0.25) is 0 Å². The molecular weight excluding hydrogens is 289 g/mol. The minimum Gasteiger partial charge on any atom is -0.480 e. The van der Waals surface area contributed by atoms with Crippen LogP contribution < -0.4 is 4.72 Å². The van der Waals surface area contributed by atoms with E-state index in [4.69, 9.17) is 5.11 Å². The monoisotopic (exact) mass is 304 g/mol. The van der Waals surface area contributed by atoms with Crippen molar-refractivity contribution in [1.29, 1.82) is 0 Å². The van der Waals surface area contributed by atoms with E-state index in [2.05, 4.69) is 0 Å². The lowest BCUT2D eigenvalue weighted by molar-refractivity contribution is -0.144. The molecule has 10 heteroatoms. The van der Waals surface area contributed by atoms with Gasteiger partial charge in [-0.3, -0.25) is 4.79 Å². The van der Waals surface area contributed by atoms with Crippen molar-refractivity contribution in [3.05, 3.63) is 0 Å². The van der Waals surface area contributed by atoms with E-state index in [1.807, 2.05) is 0 Å². The number of hydrogen-bond acceptors (Lipinski definition) is 3. The molecule has 19 heavy (non-hydrogen) atoms. The average molecular weight is 304 g/mol. The number of alkyl halides is 3. The predicted molar refractivity (Wildman–Crippen MR) is 59.5 cm³/mol. The molecule has 112 valence electrons. The van der Waals surface area contributed by atoms with Crippen LogP contribution in [0.25, 0.3) is 0 Å². The fourth-order valence-corrected chi connectivity index (χ4v) is 3.52. The van der Waals surface area contributed by atoms with E-state index in [9.17, 15) is 26.4 Å². The third-order valence-electron chi connectivity index (χ3n) is 2.90. The second-order valence-corrected chi connectivity index (χ2v) is 6.16. The number of hydrogen-bond donors (Lipinski definition) is 2. The number of rotatable bonds is 4. The summed E-state index contributed by atoms with van der Waals surface area (Å²) in [5.74, 6) is -1.81. The topological polar surface area (TPSA) is 86.7 Å². The van der Waals surface area contributed by atoms with Gasteiger partial charge in [-0.25, -0.2) is 0 Å². The molecule has 2 unspecified atom stereocenters. The number of nitrogens with zero attached hydrogens (tertiary/aromatic N) is 1. The molecule has 6 nitrogen and oxygen atoms in total. The Kier molecular flexibility index (Phi) is 4.80. The van der Waals surface area contributed by atoms with E-state index in [-0.39, 0.29) is 6.54 Å². The van der Waals surface area contributed by atoms with Gasteiger partial charge in [0, 0.05) is 6.54 Å². The molecule has 1 heterocycles. The fraction of sp³-hybridized carbons (Fsp3) is 0.889. The molecule has 1 aliphatic rings. The molecular formula is C9H15F3N2O4S. The third-order valence-corrected chi connectivity index (χ3v) is 4.44. The van der Waals surface area contributed by atoms with Crippen molar-refractivity contribution < 1.29 is 31.5 Å². The number of halogens is 3. The Bertz CT molecular complexity index is 437. The van der Waals surface area contributed by atoms with Gasteiger partial charge in [-0.15, -0.1) is 0 Å². The molecule has 2 atom stereocenters. The van der Waals surface area contributed by atoms with Crippen LogP contribution >= 0.6 is 0 Å². The first-order chi connectivity index (χ1) is 8.54. The third kappa shape index (κ3) is 4.32. The molecule has 0 spiro atoms. The van der Waals surface area contributed by atoms with Gasteiger partial charge in [0.05, 0.1) is 0 Å². The molecule has 1 fully saturated rings. The van der Waals surface area contributed by atoms with E-state index in [0.717, 1.165) is 0 Å². The zero-order chi connectivity index (χ0) is 14.8. The lowest BCUT2D eigenvalue weighted by Crippen LogP contribution is -2.56. The summed E-state index contributed by atoms with van der Waals surface area (Å²) in [6.07, 6.45) is -3.76. The van der Waals surface area contributed by atoms with Gasteiger partial charge in [-0.05, 0) is 18.8 Å². The number of aliphatic carboxylic acids is 1. The molecule has 0 saturated carbocycles. The zero-order valence-electron chi connectivity index (χ0n) is 10.1. The highest BCUT2D eigenvalue weighted by Gasteiger charge is 2.42. The Morgan fingerprint density at radius 3 is 2.53 bits per heavy atom. The Balaban J connectivity index is 2.88. The average Bonchev–Trinajstić information content (AvgIpc) is 2.25. The van der Waals surface area contributed by atoms with Gasteiger partial charge in [0.25, 0.3) is 10.2 Å². The minimum absolute atomic E-state index is 0.103. The van der Waals surface area contributed by atoms with Gasteiger partial charge >= 0.3 is 12.1 Å². The van der Waals surface area contributed by atoms with E-state index < -0.39 is 40.9 Å². The summed E-state index contributed by atoms with van der Waals surface area (Å²) < 4.78 is 61.5. The number of piperidine rings is 1. The molecule has 0 aromatic rings. The Morgan fingerprint density at radius 1 is 1.47 bits per heavy atom. The molecule has 0 bridgehead atoms. The van der Waals surface area contributed by atoms with Gasteiger partial charge in [0.1, 0.15) is 12.6 Å². The van der Waals surface area contributed by atoms with Crippen molar-refractivity contribution in [2.24, 2.45) is 5.92 Å². The van der Waals surface area contributed by atoms with Crippen LogP contribution in [0.4, 0.5) is 13.2 Å². The van der Waals surface area contributed by atoms with Gasteiger partial charge in [-0.1, -0.05) is 6.92 Å². The highest BCUT2D eigenvalue weighted by molar-refractivity contribution is 7.87. The lowest BCUT2D eigenvalue weighted by atomic mass is 9.93. The fourth-order valence-electron chi connectivity index (χ4n) is 2.04. The quantitative estimate of drug-likeness (QED) is 0.795. The Labute approximate surface area is 108 Å². The zero-order valence-corrected chi connectivity index (χ0v) is 11.0. The van der Waals surface area contributed by atoms with Crippen molar-refractivity contribution in [1.82, 2.24) is 9.03 Å². The SMILES string of the molecule is CC1CCCN(S(=O)(=O)NCC(F)(F)F)C1C(=O)O. The van der Waals surface area contributed by atoms with Crippen molar-refractivity contribution in [2.45, 2.75) is 32.0 Å². The van der Waals surface area contributed by atoms with Crippen LogP contribution in [0.1, 0.15) is 19.8 Å². The summed E-state index contributed by atoms with van der Waals surface area (Å²) in [5.41, 5.74) is 0. The molecule has 2 N–H and O–H groups in total. The molecule has 0 aliphatic carbocycles. The first-order valence-electron chi connectivity index (χ1n) is 5.60. The number of nitrogens with one attached hydrogen (secondary N) is 1. The molecule has 1 saturated heterocycles. The number of carboxylic acid groups (broad SMARTS) is 1. The first kappa shape index (κ1) is 16.2. The second-order valence-electron chi connectivity index (χ2n) is 4.45. The molecule has 0 aromatic heterocycles. The van der Waals surface area contributed by atoms with E-state index in [0.29, 0.717) is 17.1 Å². The summed E-state index contributed by atoms with van der Waals surface area (Å²) >= 11 is 0. The Morgan fingerprint density at radius 2 is 2.05 bits per heavy atom. The summed E-state index contributed by atoms with van der Waals surface area (Å²) in [6, 6.07) is -1.33. The molecule has 1 rings (SSSR count). The molecule has 1 aliphatic heterocycles. The van der Waals surface area contributed by atoms with Crippen molar-refractivity contribution in [3.8, 4) is 0 Å². The van der Waals surface area contributed by atoms with Crippen LogP contribution in [0.2, 0.25) is 0 Å². The number of carbonyl (C=O) groups is 1. The molecule has 0 radical (unpaired) electrons. The van der Waals surface area contributed by atoms with Crippen molar-refractivity contribution in [3.63, 3.8) is 0 Å². The highest BCUT2D eigenvalue weighted by atomic mass is 32.2. The summed E-state index contributed by atoms with van der Waals surface area (Å²) in [6.45, 7) is -0.259. The van der Waals surface area contributed by atoms with E-state index in [1.54, 1.807) is 6.92 Å². The Hall–Kier alpha value is -0.870. The van der Waals surface area contributed by atoms with Crippen molar-refractivity contribution in [2.75, 3.05) is 13.1 Å². The van der Waals surface area contributed by atoms with Crippen LogP contribution in [-0.4, -0.2) is 49.1 Å². The van der Waals surface area contributed by atoms with Crippen LogP contribution in [0.3, 0.4) is 0 Å². The minimum atomic E-state index is -4.69. The summed E-state index contributed by atoms with van der Waals surface area (Å²) in [5, 5.41) is 9.01. The van der Waals surface area contributed by atoms with Crippen LogP contribution in [-0.2, 0) is 15.0 Å². The molecule has 0 aromatic carbocycles. The van der Waals surface area contributed by atoms with E-state index in [1.165, 1.54) is 4.72 Å². The molecule has 0 amide bonds. The summed E-state index contributed by atoms with van der Waals surface area (Å²) in [7, 11) is -4.46. The van der Waals surface area contributed by atoms with Gasteiger partial charge < -0.3 is 5.11 Å². The van der Waals surface area contributed by atoms with Crippen LogP contribution in [0.5, 0.6) is 0 Å². The first-order valence-corrected chi connectivity index (χ1v) is 7.04. The van der Waals surface area contributed by atoms with E-state index >= 15 is 0 Å². The maximum atomic E-state index is 12.0.